The van der Waals surface area contributed by atoms with Crippen LogP contribution in [-0.4, -0.2) is 23.2 Å². The Morgan fingerprint density at radius 2 is 1.68 bits per heavy atom. The highest BCUT2D eigenvalue weighted by Gasteiger charge is 2.29. The number of rotatable bonds is 3. The normalized spacial score (nSPS) is 17.7. The molecule has 0 amide bonds. The Bertz CT molecular complexity index is 719. The molecule has 3 heteroatoms. The van der Waals surface area contributed by atoms with Gasteiger partial charge in [0.1, 0.15) is 12.7 Å². The van der Waals surface area contributed by atoms with Crippen LogP contribution in [0.25, 0.3) is 0 Å². The molecule has 0 radical (unpaired) electrons. The van der Waals surface area contributed by atoms with Crippen LogP contribution in [0.15, 0.2) is 53.5 Å². The topological polar surface area (TPSA) is 41.8 Å². The molecule has 0 saturated carbocycles. The van der Waals surface area contributed by atoms with Crippen LogP contribution in [0.5, 0.6) is 0 Å². The number of hydrogen-bond acceptors (Lipinski definition) is 3. The maximum Gasteiger partial charge on any atom is 0.217 e. The SMILES string of the molecule is Cc1ccccc1C(O)c1ccccc1C1=NC(C)(C)CO1. The number of nitrogens with zero attached hydrogens (tertiary/aromatic N) is 1. The first-order chi connectivity index (χ1) is 10.5. The third-order valence-electron chi connectivity index (χ3n) is 3.94. The summed E-state index contributed by atoms with van der Waals surface area (Å²) in [7, 11) is 0. The van der Waals surface area contributed by atoms with Gasteiger partial charge in [-0.15, -0.1) is 0 Å². The quantitative estimate of drug-likeness (QED) is 0.939. The van der Waals surface area contributed by atoms with Crippen LogP contribution in [0.3, 0.4) is 0 Å². The van der Waals surface area contributed by atoms with Gasteiger partial charge in [0.05, 0.1) is 5.54 Å². The summed E-state index contributed by atoms with van der Waals surface area (Å²) in [6.07, 6.45) is -0.688. The third kappa shape index (κ3) is 2.77. The number of aliphatic hydroxyl groups excluding tert-OH is 1. The van der Waals surface area contributed by atoms with E-state index < -0.39 is 6.10 Å². The average Bonchev–Trinajstić information content (AvgIpc) is 2.87. The molecule has 0 bridgehead atoms. The van der Waals surface area contributed by atoms with E-state index in [4.69, 9.17) is 4.74 Å². The van der Waals surface area contributed by atoms with Gasteiger partial charge < -0.3 is 9.84 Å². The number of ether oxygens (including phenoxy) is 1. The fourth-order valence-corrected chi connectivity index (χ4v) is 2.71. The van der Waals surface area contributed by atoms with Crippen molar-refractivity contribution >= 4 is 5.90 Å². The van der Waals surface area contributed by atoms with E-state index in [0.29, 0.717) is 12.5 Å². The average molecular weight is 295 g/mol. The Hall–Kier alpha value is -2.13. The van der Waals surface area contributed by atoms with E-state index >= 15 is 0 Å². The number of hydrogen-bond donors (Lipinski definition) is 1. The summed E-state index contributed by atoms with van der Waals surface area (Å²) in [5, 5.41) is 10.8. The van der Waals surface area contributed by atoms with Gasteiger partial charge in [0.2, 0.25) is 5.90 Å². The third-order valence-corrected chi connectivity index (χ3v) is 3.94. The predicted octanol–water partition coefficient (Wildman–Crippen LogP) is 3.63. The molecule has 1 heterocycles. The van der Waals surface area contributed by atoms with Gasteiger partial charge in [0, 0.05) is 5.56 Å². The van der Waals surface area contributed by atoms with Gasteiger partial charge in [0.15, 0.2) is 0 Å². The molecule has 3 rings (SSSR count). The van der Waals surface area contributed by atoms with Crippen LogP contribution < -0.4 is 0 Å². The van der Waals surface area contributed by atoms with Gasteiger partial charge in [-0.1, -0.05) is 42.5 Å². The van der Waals surface area contributed by atoms with E-state index in [1.807, 2.05) is 69.3 Å². The summed E-state index contributed by atoms with van der Waals surface area (Å²) >= 11 is 0. The van der Waals surface area contributed by atoms with E-state index in [1.165, 1.54) is 0 Å². The summed E-state index contributed by atoms with van der Waals surface area (Å²) < 4.78 is 5.75. The summed E-state index contributed by atoms with van der Waals surface area (Å²) in [6.45, 7) is 6.66. The zero-order chi connectivity index (χ0) is 15.7. The van der Waals surface area contributed by atoms with Gasteiger partial charge in [0.25, 0.3) is 0 Å². The summed E-state index contributed by atoms with van der Waals surface area (Å²) in [4.78, 5) is 4.63. The van der Waals surface area contributed by atoms with Crippen LogP contribution in [0.2, 0.25) is 0 Å². The van der Waals surface area contributed by atoms with E-state index in [-0.39, 0.29) is 5.54 Å². The molecule has 2 aromatic rings. The van der Waals surface area contributed by atoms with E-state index in [2.05, 4.69) is 4.99 Å². The first kappa shape index (κ1) is 14.8. The number of aliphatic hydroxyl groups is 1. The highest BCUT2D eigenvalue weighted by Crippen LogP contribution is 2.30. The number of aryl methyl sites for hydroxylation is 1. The molecular formula is C19H21NO2. The fourth-order valence-electron chi connectivity index (χ4n) is 2.71. The Labute approximate surface area is 131 Å². The van der Waals surface area contributed by atoms with Crippen LogP contribution in [0, 0.1) is 6.92 Å². The van der Waals surface area contributed by atoms with Gasteiger partial charge in [-0.2, -0.15) is 0 Å². The van der Waals surface area contributed by atoms with Crippen LogP contribution in [0.4, 0.5) is 0 Å². The lowest BCUT2D eigenvalue weighted by Gasteiger charge is -2.17. The Kier molecular flexibility index (Phi) is 3.75. The van der Waals surface area contributed by atoms with E-state index in [1.54, 1.807) is 0 Å². The molecule has 1 N–H and O–H groups in total. The molecule has 1 aliphatic rings. The van der Waals surface area contributed by atoms with Crippen molar-refractivity contribution in [3.63, 3.8) is 0 Å². The molecule has 1 unspecified atom stereocenters. The zero-order valence-corrected chi connectivity index (χ0v) is 13.2. The second-order valence-electron chi connectivity index (χ2n) is 6.36. The first-order valence-corrected chi connectivity index (χ1v) is 7.53. The van der Waals surface area contributed by atoms with Gasteiger partial charge in [-0.3, -0.25) is 0 Å². The van der Waals surface area contributed by atoms with Crippen molar-refractivity contribution < 1.29 is 9.84 Å². The maximum atomic E-state index is 10.8. The fraction of sp³-hybridized carbons (Fsp3) is 0.316. The Morgan fingerprint density at radius 1 is 1.05 bits per heavy atom. The standard InChI is InChI=1S/C19H21NO2/c1-13-8-4-5-9-14(13)17(21)15-10-6-7-11-16(15)18-20-19(2,3)12-22-18/h4-11,17,21H,12H2,1-3H3. The minimum Gasteiger partial charge on any atom is -0.475 e. The summed E-state index contributed by atoms with van der Waals surface area (Å²) in [5.74, 6) is 0.619. The number of aliphatic imine (C=N–C) groups is 1. The lowest BCUT2D eigenvalue weighted by molar-refractivity contribution is 0.218. The van der Waals surface area contributed by atoms with Crippen LogP contribution in [-0.2, 0) is 4.74 Å². The smallest absolute Gasteiger partial charge is 0.217 e. The van der Waals surface area contributed by atoms with Gasteiger partial charge in [-0.25, -0.2) is 4.99 Å². The van der Waals surface area contributed by atoms with Crippen molar-refractivity contribution in [3.8, 4) is 0 Å². The Morgan fingerprint density at radius 3 is 2.32 bits per heavy atom. The lowest BCUT2D eigenvalue weighted by atomic mass is 9.94. The molecule has 0 saturated heterocycles. The van der Waals surface area contributed by atoms with Crippen molar-refractivity contribution in [2.45, 2.75) is 32.4 Å². The maximum absolute atomic E-state index is 10.8. The van der Waals surface area contributed by atoms with Gasteiger partial charge >= 0.3 is 0 Å². The molecule has 0 spiro atoms. The second kappa shape index (κ2) is 5.58. The monoisotopic (exact) mass is 295 g/mol. The van der Waals surface area contributed by atoms with Crippen molar-refractivity contribution in [1.82, 2.24) is 0 Å². The molecule has 0 fully saturated rings. The second-order valence-corrected chi connectivity index (χ2v) is 6.36. The predicted molar refractivity (Wildman–Crippen MR) is 88.3 cm³/mol. The molecule has 1 atom stereocenters. The van der Waals surface area contributed by atoms with Crippen molar-refractivity contribution in [2.24, 2.45) is 4.99 Å². The molecule has 0 aliphatic carbocycles. The van der Waals surface area contributed by atoms with E-state index in [9.17, 15) is 5.11 Å². The highest BCUT2D eigenvalue weighted by molar-refractivity contribution is 5.97. The molecule has 22 heavy (non-hydrogen) atoms. The largest absolute Gasteiger partial charge is 0.475 e. The van der Waals surface area contributed by atoms with E-state index in [0.717, 1.165) is 22.3 Å². The Balaban J connectivity index is 2.04. The molecule has 2 aromatic carbocycles. The molecule has 1 aliphatic heterocycles. The van der Waals surface area contributed by atoms with Crippen molar-refractivity contribution in [1.29, 1.82) is 0 Å². The van der Waals surface area contributed by atoms with Crippen LogP contribution in [0.1, 0.15) is 42.2 Å². The lowest BCUT2D eigenvalue weighted by Crippen LogP contribution is -2.17. The minimum atomic E-state index is -0.688. The summed E-state index contributed by atoms with van der Waals surface area (Å²) in [6, 6.07) is 15.7. The number of benzene rings is 2. The molecule has 114 valence electrons. The zero-order valence-electron chi connectivity index (χ0n) is 13.2. The molecule has 3 nitrogen and oxygen atoms in total. The van der Waals surface area contributed by atoms with Crippen molar-refractivity contribution in [2.75, 3.05) is 6.61 Å². The van der Waals surface area contributed by atoms with Crippen molar-refractivity contribution in [3.05, 3.63) is 70.8 Å². The minimum absolute atomic E-state index is 0.212. The first-order valence-electron chi connectivity index (χ1n) is 7.53. The molecular weight excluding hydrogens is 274 g/mol. The van der Waals surface area contributed by atoms with Crippen LogP contribution >= 0.6 is 0 Å². The van der Waals surface area contributed by atoms with Gasteiger partial charge in [-0.05, 0) is 43.5 Å². The highest BCUT2D eigenvalue weighted by atomic mass is 16.5. The molecule has 0 aromatic heterocycles. The summed E-state index contributed by atoms with van der Waals surface area (Å²) in [5.41, 5.74) is 3.46.